The molecule has 1 aromatic heterocycles. The first-order valence-corrected chi connectivity index (χ1v) is 12.4. The van der Waals surface area contributed by atoms with E-state index in [1.807, 2.05) is 31.2 Å². The molecule has 0 saturated carbocycles. The summed E-state index contributed by atoms with van der Waals surface area (Å²) in [5.41, 5.74) is 4.19. The molecule has 1 fully saturated rings. The second-order valence-electron chi connectivity index (χ2n) is 9.28. The maximum atomic E-state index is 13.3. The third kappa shape index (κ3) is 6.67. The third-order valence-corrected chi connectivity index (χ3v) is 6.77. The molecule has 35 heavy (non-hydrogen) atoms. The van der Waals surface area contributed by atoms with Crippen molar-refractivity contribution in [2.45, 2.75) is 39.2 Å². The summed E-state index contributed by atoms with van der Waals surface area (Å²) in [5.74, 6) is 0.526. The lowest BCUT2D eigenvalue weighted by molar-refractivity contribution is -0.127. The normalized spacial score (nSPS) is 15.5. The zero-order valence-corrected chi connectivity index (χ0v) is 20.5. The number of ether oxygens (including phenoxy) is 1. The van der Waals surface area contributed by atoms with E-state index < -0.39 is 0 Å². The quantitative estimate of drug-likeness (QED) is 0.431. The van der Waals surface area contributed by atoms with Crippen molar-refractivity contribution in [2.75, 3.05) is 26.2 Å². The molecule has 0 spiro atoms. The summed E-state index contributed by atoms with van der Waals surface area (Å²) < 4.78 is 18.7. The van der Waals surface area contributed by atoms with Gasteiger partial charge in [-0.2, -0.15) is 0 Å². The van der Waals surface area contributed by atoms with Crippen LogP contribution in [0.4, 0.5) is 4.39 Å². The summed E-state index contributed by atoms with van der Waals surface area (Å²) in [6.07, 6.45) is 4.36. The van der Waals surface area contributed by atoms with Crippen LogP contribution in [-0.4, -0.2) is 42.0 Å². The second-order valence-corrected chi connectivity index (χ2v) is 9.28. The van der Waals surface area contributed by atoms with E-state index in [-0.39, 0.29) is 23.7 Å². The minimum absolute atomic E-state index is 0.00254. The van der Waals surface area contributed by atoms with Gasteiger partial charge < -0.3 is 15.0 Å². The molecule has 6 heteroatoms. The first-order chi connectivity index (χ1) is 17.0. The summed E-state index contributed by atoms with van der Waals surface area (Å²) >= 11 is 0. The van der Waals surface area contributed by atoms with Gasteiger partial charge in [-0.25, -0.2) is 4.39 Å². The van der Waals surface area contributed by atoms with Crippen LogP contribution in [0.1, 0.15) is 47.7 Å². The van der Waals surface area contributed by atoms with Crippen LogP contribution < -0.4 is 10.1 Å². The molecular weight excluding hydrogens is 441 g/mol. The Labute approximate surface area is 207 Å². The number of aromatic nitrogens is 1. The van der Waals surface area contributed by atoms with Gasteiger partial charge in [0.15, 0.2) is 0 Å². The molecule has 1 aliphatic heterocycles. The summed E-state index contributed by atoms with van der Waals surface area (Å²) in [5, 5.41) is 3.32. The summed E-state index contributed by atoms with van der Waals surface area (Å²) in [6, 6.07) is 18.0. The van der Waals surface area contributed by atoms with Crippen LogP contribution in [0.2, 0.25) is 0 Å². The molecular formula is C29H34FN3O2. The topological polar surface area (TPSA) is 54.5 Å². The van der Waals surface area contributed by atoms with Gasteiger partial charge in [0.2, 0.25) is 5.91 Å². The Morgan fingerprint density at radius 1 is 1.06 bits per heavy atom. The second kappa shape index (κ2) is 11.9. The Morgan fingerprint density at radius 3 is 2.49 bits per heavy atom. The molecule has 1 atom stereocenters. The predicted molar refractivity (Wildman–Crippen MR) is 136 cm³/mol. The van der Waals surface area contributed by atoms with E-state index >= 15 is 0 Å². The van der Waals surface area contributed by atoms with Gasteiger partial charge in [-0.15, -0.1) is 0 Å². The highest BCUT2D eigenvalue weighted by molar-refractivity contribution is 5.79. The van der Waals surface area contributed by atoms with E-state index in [1.54, 1.807) is 18.3 Å². The first kappa shape index (κ1) is 24.9. The Balaban J connectivity index is 1.29. The zero-order chi connectivity index (χ0) is 24.6. The number of nitrogens with zero attached hydrogens (tertiary/aromatic N) is 2. The molecule has 0 bridgehead atoms. The lowest BCUT2D eigenvalue weighted by Gasteiger charge is -2.32. The number of carbonyl (C=O) groups excluding carboxylic acids is 1. The summed E-state index contributed by atoms with van der Waals surface area (Å²) in [4.78, 5) is 20.3. The number of aryl methyl sites for hydroxylation is 2. The lowest BCUT2D eigenvalue weighted by atomic mass is 9.92. The number of nitrogens with one attached hydrogen (secondary N) is 1. The van der Waals surface area contributed by atoms with Crippen LogP contribution in [0.3, 0.4) is 0 Å². The first-order valence-electron chi connectivity index (χ1n) is 12.4. The third-order valence-electron chi connectivity index (χ3n) is 6.77. The van der Waals surface area contributed by atoms with Crippen molar-refractivity contribution >= 4 is 5.91 Å². The molecule has 3 aromatic rings. The number of hydrogen-bond donors (Lipinski definition) is 1. The van der Waals surface area contributed by atoms with Gasteiger partial charge in [0.1, 0.15) is 11.6 Å². The van der Waals surface area contributed by atoms with Crippen LogP contribution in [-0.2, 0) is 4.79 Å². The minimum atomic E-state index is -0.260. The van der Waals surface area contributed by atoms with Crippen molar-refractivity contribution in [1.82, 2.24) is 15.2 Å². The molecule has 1 unspecified atom stereocenters. The molecule has 1 amide bonds. The van der Waals surface area contributed by atoms with Gasteiger partial charge in [-0.1, -0.05) is 30.3 Å². The van der Waals surface area contributed by atoms with Crippen molar-refractivity contribution < 1.29 is 13.9 Å². The average Bonchev–Trinajstić information content (AvgIpc) is 2.87. The smallest absolute Gasteiger partial charge is 0.224 e. The Hall–Kier alpha value is -3.25. The molecule has 1 N–H and O–H groups in total. The van der Waals surface area contributed by atoms with Gasteiger partial charge in [0.25, 0.3) is 0 Å². The molecule has 2 heterocycles. The van der Waals surface area contributed by atoms with E-state index in [1.165, 1.54) is 12.1 Å². The highest BCUT2D eigenvalue weighted by atomic mass is 19.1. The Kier molecular flexibility index (Phi) is 8.48. The maximum Gasteiger partial charge on any atom is 0.224 e. The fourth-order valence-corrected chi connectivity index (χ4v) is 4.69. The number of halogens is 1. The highest BCUT2D eigenvalue weighted by Gasteiger charge is 2.28. The number of amides is 1. The molecule has 184 valence electrons. The molecule has 5 nitrogen and oxygen atoms in total. The van der Waals surface area contributed by atoms with E-state index in [0.717, 1.165) is 61.3 Å². The van der Waals surface area contributed by atoms with Crippen LogP contribution >= 0.6 is 0 Å². The molecule has 2 aromatic carbocycles. The summed E-state index contributed by atoms with van der Waals surface area (Å²) in [7, 11) is 0. The lowest BCUT2D eigenvalue weighted by Crippen LogP contribution is -2.42. The van der Waals surface area contributed by atoms with Crippen molar-refractivity contribution in [3.8, 4) is 5.75 Å². The zero-order valence-electron chi connectivity index (χ0n) is 20.5. The van der Waals surface area contributed by atoms with Crippen molar-refractivity contribution in [2.24, 2.45) is 5.92 Å². The van der Waals surface area contributed by atoms with Gasteiger partial charge in [-0.05, 0) is 93.2 Å². The van der Waals surface area contributed by atoms with E-state index in [4.69, 9.17) is 4.74 Å². The number of benzene rings is 2. The average molecular weight is 476 g/mol. The Morgan fingerprint density at radius 2 is 1.77 bits per heavy atom. The summed E-state index contributed by atoms with van der Waals surface area (Å²) in [6.45, 7) is 7.42. The van der Waals surface area contributed by atoms with Crippen LogP contribution in [0.25, 0.3) is 0 Å². The number of pyridine rings is 1. The molecule has 0 aliphatic carbocycles. The van der Waals surface area contributed by atoms with Crippen LogP contribution in [0, 0.1) is 25.6 Å². The van der Waals surface area contributed by atoms with Crippen molar-refractivity contribution in [1.29, 1.82) is 0 Å². The standard InChI is InChI=1S/C29H34FN3O2/c1-21-7-3-4-9-26(21)28(27-22(2)8-5-16-31-27)32-29(34)23-14-18-33(19-15-23)17-6-20-35-25-12-10-24(30)11-13-25/h3-5,7-13,16,23,28H,6,14-15,17-20H2,1-2H3,(H,32,34). The number of carbonyl (C=O) groups is 1. The van der Waals surface area contributed by atoms with Crippen molar-refractivity contribution in [3.05, 3.63) is 95.1 Å². The molecule has 1 aliphatic rings. The SMILES string of the molecule is Cc1ccccc1C(NC(=O)C1CCN(CCCOc2ccc(F)cc2)CC1)c1ncccc1C. The molecule has 4 rings (SSSR count). The fraction of sp³-hybridized carbons (Fsp3) is 0.379. The predicted octanol–water partition coefficient (Wildman–Crippen LogP) is 5.22. The maximum absolute atomic E-state index is 13.3. The van der Waals surface area contributed by atoms with Crippen LogP contribution in [0.15, 0.2) is 66.9 Å². The monoisotopic (exact) mass is 475 g/mol. The number of hydrogen-bond acceptors (Lipinski definition) is 4. The van der Waals surface area contributed by atoms with Crippen LogP contribution in [0.5, 0.6) is 5.75 Å². The van der Waals surface area contributed by atoms with Gasteiger partial charge in [0.05, 0.1) is 18.3 Å². The fourth-order valence-electron chi connectivity index (χ4n) is 4.69. The number of rotatable bonds is 9. The highest BCUT2D eigenvalue weighted by Crippen LogP contribution is 2.27. The molecule has 0 radical (unpaired) electrons. The number of likely N-dealkylation sites (tertiary alicyclic amines) is 1. The van der Waals surface area contributed by atoms with Gasteiger partial charge >= 0.3 is 0 Å². The van der Waals surface area contributed by atoms with Gasteiger partial charge in [0, 0.05) is 18.7 Å². The Bertz CT molecular complexity index is 1070. The van der Waals surface area contributed by atoms with Gasteiger partial charge in [-0.3, -0.25) is 9.78 Å². The minimum Gasteiger partial charge on any atom is -0.494 e. The van der Waals surface area contributed by atoms with E-state index in [0.29, 0.717) is 12.4 Å². The van der Waals surface area contributed by atoms with E-state index in [2.05, 4.69) is 34.3 Å². The van der Waals surface area contributed by atoms with Crippen molar-refractivity contribution in [3.63, 3.8) is 0 Å². The number of piperidine rings is 1. The largest absolute Gasteiger partial charge is 0.494 e. The van der Waals surface area contributed by atoms with E-state index in [9.17, 15) is 9.18 Å². The molecule has 1 saturated heterocycles.